The molecular formula is C10H16N4. The number of fused-ring (bicyclic) bond motifs is 1. The van der Waals surface area contributed by atoms with Crippen LogP contribution >= 0.6 is 0 Å². The summed E-state index contributed by atoms with van der Waals surface area (Å²) in [7, 11) is 1.90. The van der Waals surface area contributed by atoms with Crippen LogP contribution in [-0.4, -0.2) is 20.0 Å². The van der Waals surface area contributed by atoms with Crippen molar-refractivity contribution in [1.82, 2.24) is 20.0 Å². The predicted molar refractivity (Wildman–Crippen MR) is 56.3 cm³/mol. The predicted octanol–water partition coefficient (Wildman–Crippen LogP) is 1.90. The van der Waals surface area contributed by atoms with Gasteiger partial charge in [-0.15, -0.1) is 5.10 Å². The monoisotopic (exact) mass is 192 g/mol. The molecule has 4 nitrogen and oxygen atoms in total. The van der Waals surface area contributed by atoms with Gasteiger partial charge in [-0.25, -0.2) is 4.68 Å². The highest BCUT2D eigenvalue weighted by Gasteiger charge is 2.24. The molecule has 0 radical (unpaired) electrons. The van der Waals surface area contributed by atoms with E-state index in [0.29, 0.717) is 0 Å². The van der Waals surface area contributed by atoms with Gasteiger partial charge in [-0.1, -0.05) is 26.0 Å². The molecule has 14 heavy (non-hydrogen) atoms. The molecule has 2 heterocycles. The van der Waals surface area contributed by atoms with Gasteiger partial charge in [0.05, 0.1) is 0 Å². The molecule has 0 amide bonds. The molecule has 0 aliphatic carbocycles. The van der Waals surface area contributed by atoms with E-state index in [-0.39, 0.29) is 5.41 Å². The molecule has 0 aliphatic heterocycles. The lowest BCUT2D eigenvalue weighted by atomic mass is 9.86. The van der Waals surface area contributed by atoms with E-state index in [4.69, 9.17) is 0 Å². The first kappa shape index (κ1) is 9.24. The molecule has 0 aliphatic rings. The average molecular weight is 192 g/mol. The minimum Gasteiger partial charge on any atom is -0.342 e. The smallest absolute Gasteiger partial charge is 0.156 e. The topological polar surface area (TPSA) is 46.5 Å². The maximum absolute atomic E-state index is 4.19. The number of aromatic nitrogens is 4. The number of aromatic amines is 1. The Balaban J connectivity index is 2.81. The number of hydrogen-bond donors (Lipinski definition) is 1. The largest absolute Gasteiger partial charge is 0.342 e. The Morgan fingerprint density at radius 2 is 1.93 bits per heavy atom. The lowest BCUT2D eigenvalue weighted by Gasteiger charge is -2.17. The van der Waals surface area contributed by atoms with Gasteiger partial charge < -0.3 is 4.98 Å². The first-order valence-electron chi connectivity index (χ1n) is 4.79. The summed E-state index contributed by atoms with van der Waals surface area (Å²) in [6, 6.07) is 0. The van der Waals surface area contributed by atoms with Crippen LogP contribution in [0.2, 0.25) is 0 Å². The van der Waals surface area contributed by atoms with Gasteiger partial charge in [-0.05, 0) is 12.3 Å². The van der Waals surface area contributed by atoms with Gasteiger partial charge >= 0.3 is 0 Å². The lowest BCUT2D eigenvalue weighted by molar-refractivity contribution is 0.589. The maximum Gasteiger partial charge on any atom is 0.156 e. The van der Waals surface area contributed by atoms with Crippen LogP contribution in [0.1, 0.15) is 32.0 Å². The van der Waals surface area contributed by atoms with Gasteiger partial charge in [-0.2, -0.15) is 0 Å². The van der Waals surface area contributed by atoms with Gasteiger partial charge in [0, 0.05) is 18.3 Å². The van der Waals surface area contributed by atoms with Crippen molar-refractivity contribution in [3.8, 4) is 0 Å². The van der Waals surface area contributed by atoms with E-state index >= 15 is 0 Å². The summed E-state index contributed by atoms with van der Waals surface area (Å²) in [5.74, 6) is 0. The SMILES string of the molecule is Cc1[nH]c2c(nnn2C)c1C(C)(C)C. The zero-order valence-corrected chi connectivity index (χ0v) is 9.34. The average Bonchev–Trinajstić information content (AvgIpc) is 2.49. The van der Waals surface area contributed by atoms with Crippen LogP contribution in [-0.2, 0) is 12.5 Å². The Bertz CT molecular complexity index is 470. The third kappa shape index (κ3) is 1.14. The van der Waals surface area contributed by atoms with Crippen LogP contribution in [0.3, 0.4) is 0 Å². The number of aryl methyl sites for hydroxylation is 2. The zero-order chi connectivity index (χ0) is 10.5. The van der Waals surface area contributed by atoms with Crippen molar-refractivity contribution in [2.75, 3.05) is 0 Å². The van der Waals surface area contributed by atoms with Gasteiger partial charge in [-0.3, -0.25) is 0 Å². The fraction of sp³-hybridized carbons (Fsp3) is 0.600. The van der Waals surface area contributed by atoms with Gasteiger partial charge in [0.15, 0.2) is 5.65 Å². The molecule has 4 heteroatoms. The quantitative estimate of drug-likeness (QED) is 0.693. The van der Waals surface area contributed by atoms with Crippen LogP contribution in [0.5, 0.6) is 0 Å². The second-order valence-electron chi connectivity index (χ2n) is 4.79. The second-order valence-corrected chi connectivity index (χ2v) is 4.79. The van der Waals surface area contributed by atoms with E-state index in [1.165, 1.54) is 11.3 Å². The van der Waals surface area contributed by atoms with Gasteiger partial charge in [0.25, 0.3) is 0 Å². The number of nitrogens with zero attached hydrogens (tertiary/aromatic N) is 3. The van der Waals surface area contributed by atoms with E-state index < -0.39 is 0 Å². The number of H-pyrrole nitrogens is 1. The summed E-state index contributed by atoms with van der Waals surface area (Å²) in [5.41, 5.74) is 4.57. The molecule has 0 unspecified atom stereocenters. The van der Waals surface area contributed by atoms with Crippen molar-refractivity contribution in [3.63, 3.8) is 0 Å². The molecule has 0 saturated carbocycles. The van der Waals surface area contributed by atoms with Gasteiger partial charge in [0.2, 0.25) is 0 Å². The van der Waals surface area contributed by atoms with Crippen LogP contribution in [0.15, 0.2) is 0 Å². The molecule has 2 aromatic heterocycles. The Hall–Kier alpha value is -1.32. The molecule has 0 atom stereocenters. The zero-order valence-electron chi connectivity index (χ0n) is 9.34. The molecule has 0 saturated heterocycles. The number of nitrogens with one attached hydrogen (secondary N) is 1. The van der Waals surface area contributed by atoms with Crippen LogP contribution < -0.4 is 0 Å². The molecule has 0 spiro atoms. The molecule has 2 aromatic rings. The van der Waals surface area contributed by atoms with Crippen molar-refractivity contribution >= 4 is 11.2 Å². The minimum absolute atomic E-state index is 0.109. The summed E-state index contributed by atoms with van der Waals surface area (Å²) >= 11 is 0. The normalized spacial score (nSPS) is 12.6. The Labute approximate surface area is 83.3 Å². The van der Waals surface area contributed by atoms with E-state index in [2.05, 4.69) is 43.0 Å². The summed E-state index contributed by atoms with van der Waals surface area (Å²) in [5, 5.41) is 8.19. The first-order valence-corrected chi connectivity index (χ1v) is 4.79. The van der Waals surface area contributed by atoms with E-state index in [1.807, 2.05) is 7.05 Å². The molecule has 0 fully saturated rings. The van der Waals surface area contributed by atoms with E-state index in [9.17, 15) is 0 Å². The minimum atomic E-state index is 0.109. The van der Waals surface area contributed by atoms with Gasteiger partial charge in [0.1, 0.15) is 5.52 Å². The fourth-order valence-electron chi connectivity index (χ4n) is 2.00. The molecule has 1 N–H and O–H groups in total. The number of rotatable bonds is 0. The second kappa shape index (κ2) is 2.59. The van der Waals surface area contributed by atoms with Crippen molar-refractivity contribution in [3.05, 3.63) is 11.3 Å². The van der Waals surface area contributed by atoms with E-state index in [0.717, 1.165) is 11.2 Å². The summed E-state index contributed by atoms with van der Waals surface area (Å²) < 4.78 is 1.78. The van der Waals surface area contributed by atoms with Crippen molar-refractivity contribution < 1.29 is 0 Å². The van der Waals surface area contributed by atoms with Crippen LogP contribution in [0.4, 0.5) is 0 Å². The van der Waals surface area contributed by atoms with E-state index in [1.54, 1.807) is 4.68 Å². The van der Waals surface area contributed by atoms with Crippen molar-refractivity contribution in [2.24, 2.45) is 7.05 Å². The summed E-state index contributed by atoms with van der Waals surface area (Å²) in [6.45, 7) is 8.66. The fourth-order valence-corrected chi connectivity index (χ4v) is 2.00. The van der Waals surface area contributed by atoms with Crippen molar-refractivity contribution in [2.45, 2.75) is 33.1 Å². The number of hydrogen-bond acceptors (Lipinski definition) is 2. The molecule has 2 rings (SSSR count). The van der Waals surface area contributed by atoms with Crippen LogP contribution in [0, 0.1) is 6.92 Å². The highest BCUT2D eigenvalue weighted by atomic mass is 15.4. The highest BCUT2D eigenvalue weighted by molar-refractivity contribution is 5.78. The standard InChI is InChI=1S/C10H16N4/c1-6-7(10(2,3)4)8-9(11-6)14(5)13-12-8/h11H,1-5H3. The molecular weight excluding hydrogens is 176 g/mol. The highest BCUT2D eigenvalue weighted by Crippen LogP contribution is 2.31. The van der Waals surface area contributed by atoms with Crippen molar-refractivity contribution in [1.29, 1.82) is 0 Å². The third-order valence-electron chi connectivity index (χ3n) is 2.49. The Morgan fingerprint density at radius 3 is 2.50 bits per heavy atom. The molecule has 0 aromatic carbocycles. The molecule has 0 bridgehead atoms. The third-order valence-corrected chi connectivity index (χ3v) is 2.49. The molecule has 76 valence electrons. The maximum atomic E-state index is 4.19. The Kier molecular flexibility index (Phi) is 1.71. The van der Waals surface area contributed by atoms with Crippen LogP contribution in [0.25, 0.3) is 11.2 Å². The lowest BCUT2D eigenvalue weighted by Crippen LogP contribution is -2.12. The first-order chi connectivity index (χ1) is 6.41. The summed E-state index contributed by atoms with van der Waals surface area (Å²) in [6.07, 6.45) is 0. The summed E-state index contributed by atoms with van der Waals surface area (Å²) in [4.78, 5) is 3.32. The Morgan fingerprint density at radius 1 is 1.29 bits per heavy atom.